The van der Waals surface area contributed by atoms with Crippen molar-refractivity contribution in [1.29, 1.82) is 0 Å². The van der Waals surface area contributed by atoms with E-state index in [4.69, 9.17) is 0 Å². The molecule has 0 fully saturated rings. The largest absolute Gasteiger partial charge is 0.388 e. The van der Waals surface area contributed by atoms with Gasteiger partial charge in [0.15, 0.2) is 11.6 Å². The van der Waals surface area contributed by atoms with Gasteiger partial charge in [-0.2, -0.15) is 0 Å². The van der Waals surface area contributed by atoms with Gasteiger partial charge in [-0.15, -0.1) is 0 Å². The van der Waals surface area contributed by atoms with Crippen molar-refractivity contribution >= 4 is 11.6 Å². The molecule has 1 aliphatic carbocycles. The van der Waals surface area contributed by atoms with E-state index in [1.165, 1.54) is 0 Å². The minimum absolute atomic E-state index is 0.109. The van der Waals surface area contributed by atoms with Crippen molar-refractivity contribution in [3.8, 4) is 0 Å². The molecule has 2 rings (SSSR count). The van der Waals surface area contributed by atoms with Crippen LogP contribution in [0, 0.1) is 11.8 Å². The number of allylic oxidation sites excluding steroid dienone is 4. The lowest BCUT2D eigenvalue weighted by Crippen LogP contribution is -2.44. The smallest absolute Gasteiger partial charge is 0.166 e. The van der Waals surface area contributed by atoms with Crippen LogP contribution in [0.3, 0.4) is 0 Å². The van der Waals surface area contributed by atoms with Gasteiger partial charge >= 0.3 is 0 Å². The fourth-order valence-electron chi connectivity index (χ4n) is 2.25. The molecule has 2 aliphatic rings. The Balaban J connectivity index is 2.47. The monoisotopic (exact) mass is 205 g/mol. The number of carbonyl (C=O) groups excluding carboxylic acids is 2. The van der Waals surface area contributed by atoms with Crippen LogP contribution in [0.5, 0.6) is 0 Å². The second kappa shape index (κ2) is 3.33. The van der Waals surface area contributed by atoms with Crippen molar-refractivity contribution in [1.82, 2.24) is 5.32 Å². The summed E-state index contributed by atoms with van der Waals surface area (Å²) in [5.41, 5.74) is 2.26. The number of hydrogen-bond donors (Lipinski definition) is 1. The normalized spacial score (nSPS) is 31.0. The molecular formula is C12H15NO2. The van der Waals surface area contributed by atoms with Gasteiger partial charge in [0.25, 0.3) is 0 Å². The summed E-state index contributed by atoms with van der Waals surface area (Å²) in [5.74, 6) is -0.196. The van der Waals surface area contributed by atoms with Gasteiger partial charge < -0.3 is 5.32 Å². The predicted molar refractivity (Wildman–Crippen MR) is 57.1 cm³/mol. The number of fused-ring (bicyclic) bond motifs is 1. The Hall–Kier alpha value is -1.38. The van der Waals surface area contributed by atoms with Crippen molar-refractivity contribution in [3.05, 3.63) is 22.9 Å². The summed E-state index contributed by atoms with van der Waals surface area (Å²) in [5, 5.41) is 3.13. The SMILES string of the molecule is CC1=CC2C(=O)C(C)=C(C)C(=O)C2CN1. The molecule has 0 spiro atoms. The third kappa shape index (κ3) is 1.42. The Morgan fingerprint density at radius 3 is 2.40 bits per heavy atom. The Morgan fingerprint density at radius 2 is 1.73 bits per heavy atom. The van der Waals surface area contributed by atoms with E-state index in [-0.39, 0.29) is 23.4 Å². The fourth-order valence-corrected chi connectivity index (χ4v) is 2.25. The highest BCUT2D eigenvalue weighted by molar-refractivity contribution is 6.14. The van der Waals surface area contributed by atoms with Crippen LogP contribution in [0.4, 0.5) is 0 Å². The van der Waals surface area contributed by atoms with Crippen molar-refractivity contribution < 1.29 is 9.59 Å². The Labute approximate surface area is 89.2 Å². The van der Waals surface area contributed by atoms with Gasteiger partial charge in [-0.3, -0.25) is 9.59 Å². The first kappa shape index (κ1) is 10.1. The minimum Gasteiger partial charge on any atom is -0.388 e. The van der Waals surface area contributed by atoms with Crippen molar-refractivity contribution in [2.24, 2.45) is 11.8 Å². The molecule has 0 radical (unpaired) electrons. The zero-order valence-corrected chi connectivity index (χ0v) is 9.26. The topological polar surface area (TPSA) is 46.2 Å². The van der Waals surface area contributed by atoms with Gasteiger partial charge in [0.2, 0.25) is 0 Å². The highest BCUT2D eigenvalue weighted by atomic mass is 16.1. The fraction of sp³-hybridized carbons (Fsp3) is 0.500. The van der Waals surface area contributed by atoms with Gasteiger partial charge in [-0.1, -0.05) is 6.08 Å². The predicted octanol–water partition coefficient (Wildman–Crippen LogP) is 1.21. The van der Waals surface area contributed by atoms with Crippen LogP contribution in [0.25, 0.3) is 0 Å². The molecule has 15 heavy (non-hydrogen) atoms. The third-order valence-electron chi connectivity index (χ3n) is 3.41. The van der Waals surface area contributed by atoms with Crippen LogP contribution < -0.4 is 5.32 Å². The molecule has 3 heteroatoms. The van der Waals surface area contributed by atoms with Crippen LogP contribution in [-0.4, -0.2) is 18.1 Å². The lowest BCUT2D eigenvalue weighted by molar-refractivity contribution is -0.129. The molecule has 2 unspecified atom stereocenters. The molecule has 80 valence electrons. The molecule has 0 amide bonds. The maximum atomic E-state index is 12.0. The van der Waals surface area contributed by atoms with Crippen molar-refractivity contribution in [3.63, 3.8) is 0 Å². The summed E-state index contributed by atoms with van der Waals surface area (Å²) in [7, 11) is 0. The maximum absolute atomic E-state index is 12.0. The summed E-state index contributed by atoms with van der Waals surface area (Å²) in [4.78, 5) is 23.9. The Bertz CT molecular complexity index is 404. The molecule has 0 saturated heterocycles. The van der Waals surface area contributed by atoms with Gasteiger partial charge in [-0.25, -0.2) is 0 Å². The van der Waals surface area contributed by atoms with Gasteiger partial charge in [0, 0.05) is 12.2 Å². The average Bonchev–Trinajstić information content (AvgIpc) is 2.23. The summed E-state index contributed by atoms with van der Waals surface area (Å²) >= 11 is 0. The molecule has 0 saturated carbocycles. The zero-order chi connectivity index (χ0) is 11.2. The van der Waals surface area contributed by atoms with E-state index in [1.54, 1.807) is 13.8 Å². The van der Waals surface area contributed by atoms with Crippen LogP contribution in [-0.2, 0) is 9.59 Å². The lowest BCUT2D eigenvalue weighted by Gasteiger charge is -2.33. The quantitative estimate of drug-likeness (QED) is 0.646. The number of hydrogen-bond acceptors (Lipinski definition) is 3. The van der Waals surface area contributed by atoms with Crippen LogP contribution in [0.1, 0.15) is 20.8 Å². The second-order valence-electron chi connectivity index (χ2n) is 4.34. The molecule has 1 aliphatic heterocycles. The van der Waals surface area contributed by atoms with E-state index >= 15 is 0 Å². The number of carbonyl (C=O) groups is 2. The number of ketones is 2. The van der Waals surface area contributed by atoms with Gasteiger partial charge in [0.05, 0.1) is 11.8 Å². The van der Waals surface area contributed by atoms with E-state index < -0.39 is 0 Å². The standard InChI is InChI=1S/C12H15NO2/c1-6-4-9-10(5-13-6)12(15)8(3)7(2)11(9)14/h4,9-10,13H,5H2,1-3H3. The second-order valence-corrected chi connectivity index (χ2v) is 4.34. The first-order valence-electron chi connectivity index (χ1n) is 5.20. The lowest BCUT2D eigenvalue weighted by atomic mass is 9.73. The highest BCUT2D eigenvalue weighted by Crippen LogP contribution is 2.31. The zero-order valence-electron chi connectivity index (χ0n) is 9.26. The number of nitrogens with one attached hydrogen (secondary N) is 1. The van der Waals surface area contributed by atoms with E-state index in [0.29, 0.717) is 17.7 Å². The van der Waals surface area contributed by atoms with E-state index in [1.807, 2.05) is 13.0 Å². The van der Waals surface area contributed by atoms with Gasteiger partial charge in [0.1, 0.15) is 0 Å². The first-order valence-corrected chi connectivity index (χ1v) is 5.20. The summed E-state index contributed by atoms with van der Waals surface area (Å²) in [6.07, 6.45) is 1.88. The molecule has 0 aromatic heterocycles. The summed E-state index contributed by atoms with van der Waals surface area (Å²) in [6, 6.07) is 0. The first-order chi connectivity index (χ1) is 7.02. The molecule has 0 aromatic carbocycles. The summed E-state index contributed by atoms with van der Waals surface area (Å²) < 4.78 is 0. The molecule has 1 N–H and O–H groups in total. The van der Waals surface area contributed by atoms with Crippen molar-refractivity contribution in [2.45, 2.75) is 20.8 Å². The molecule has 0 bridgehead atoms. The molecule has 1 heterocycles. The van der Waals surface area contributed by atoms with E-state index in [2.05, 4.69) is 5.32 Å². The van der Waals surface area contributed by atoms with Crippen LogP contribution in [0.2, 0.25) is 0 Å². The van der Waals surface area contributed by atoms with Crippen LogP contribution in [0.15, 0.2) is 22.9 Å². The van der Waals surface area contributed by atoms with Crippen LogP contribution >= 0.6 is 0 Å². The number of rotatable bonds is 0. The maximum Gasteiger partial charge on any atom is 0.166 e. The molecular weight excluding hydrogens is 190 g/mol. The third-order valence-corrected chi connectivity index (χ3v) is 3.41. The average molecular weight is 205 g/mol. The summed E-state index contributed by atoms with van der Waals surface area (Å²) in [6.45, 7) is 6.00. The van der Waals surface area contributed by atoms with E-state index in [9.17, 15) is 9.59 Å². The van der Waals surface area contributed by atoms with Gasteiger partial charge in [-0.05, 0) is 31.9 Å². The molecule has 2 atom stereocenters. The van der Waals surface area contributed by atoms with E-state index in [0.717, 1.165) is 5.70 Å². The van der Waals surface area contributed by atoms with Crippen molar-refractivity contribution in [2.75, 3.05) is 6.54 Å². The molecule has 0 aromatic rings. The molecule has 3 nitrogen and oxygen atoms in total. The number of Topliss-reactive ketones (excluding diaryl/α,β-unsaturated/α-hetero) is 2. The Morgan fingerprint density at radius 1 is 1.13 bits per heavy atom. The Kier molecular flexibility index (Phi) is 2.25. The minimum atomic E-state index is -0.234. The highest BCUT2D eigenvalue weighted by Gasteiger charge is 2.40.